The molecule has 1 fully saturated rings. The van der Waals surface area contributed by atoms with E-state index in [9.17, 15) is 4.79 Å². The first-order chi connectivity index (χ1) is 10.1. The van der Waals surface area contributed by atoms with Crippen LogP contribution >= 0.6 is 0 Å². The number of carbonyl (C=O) groups excluding carboxylic acids is 1. The van der Waals surface area contributed by atoms with E-state index >= 15 is 0 Å². The summed E-state index contributed by atoms with van der Waals surface area (Å²) in [4.78, 5) is 14.3. The monoisotopic (exact) mass is 298 g/mol. The van der Waals surface area contributed by atoms with E-state index in [2.05, 4.69) is 17.1 Å². The highest BCUT2D eigenvalue weighted by Gasteiger charge is 2.31. The molecule has 1 N–H and O–H groups in total. The molecule has 0 radical (unpaired) electrons. The van der Waals surface area contributed by atoms with E-state index in [0.717, 1.165) is 25.2 Å². The Balaban J connectivity index is 2.18. The van der Waals surface area contributed by atoms with Crippen molar-refractivity contribution in [2.24, 2.45) is 5.92 Å². The molecule has 0 saturated carbocycles. The molecule has 124 valence electrons. The molecule has 1 aliphatic rings. The van der Waals surface area contributed by atoms with Crippen molar-refractivity contribution in [3.63, 3.8) is 0 Å². The Hall–Kier alpha value is -0.610. The van der Waals surface area contributed by atoms with Crippen molar-refractivity contribution in [3.05, 3.63) is 0 Å². The minimum atomic E-state index is -0.539. The third-order valence-corrected chi connectivity index (χ3v) is 4.99. The fourth-order valence-electron chi connectivity index (χ4n) is 3.28. The minimum absolute atomic E-state index is 0.162. The second-order valence-corrected chi connectivity index (χ2v) is 6.60. The van der Waals surface area contributed by atoms with Gasteiger partial charge in [-0.1, -0.05) is 19.8 Å². The maximum atomic E-state index is 11.8. The van der Waals surface area contributed by atoms with Gasteiger partial charge in [-0.3, -0.25) is 4.79 Å². The molecular formula is C17H34N2O2. The summed E-state index contributed by atoms with van der Waals surface area (Å²) in [6.45, 7) is 7.89. The van der Waals surface area contributed by atoms with E-state index in [1.54, 1.807) is 0 Å². The predicted molar refractivity (Wildman–Crippen MR) is 87.4 cm³/mol. The van der Waals surface area contributed by atoms with E-state index in [-0.39, 0.29) is 5.97 Å². The van der Waals surface area contributed by atoms with E-state index in [4.69, 9.17) is 4.74 Å². The molecule has 0 amide bonds. The van der Waals surface area contributed by atoms with Gasteiger partial charge in [-0.25, -0.2) is 0 Å². The maximum absolute atomic E-state index is 11.8. The van der Waals surface area contributed by atoms with Gasteiger partial charge in [0.15, 0.2) is 0 Å². The van der Waals surface area contributed by atoms with Crippen LogP contribution in [0.4, 0.5) is 0 Å². The highest BCUT2D eigenvalue weighted by molar-refractivity contribution is 5.80. The van der Waals surface area contributed by atoms with Gasteiger partial charge in [0, 0.05) is 0 Å². The largest absolute Gasteiger partial charge is 0.468 e. The number of esters is 1. The van der Waals surface area contributed by atoms with Crippen LogP contribution in [-0.4, -0.2) is 50.2 Å². The molecule has 1 unspecified atom stereocenters. The van der Waals surface area contributed by atoms with Crippen molar-refractivity contribution in [1.82, 2.24) is 10.2 Å². The summed E-state index contributed by atoms with van der Waals surface area (Å²) in [5.74, 6) is 0.795. The van der Waals surface area contributed by atoms with Crippen LogP contribution in [0.3, 0.4) is 0 Å². The van der Waals surface area contributed by atoms with Crippen molar-refractivity contribution in [3.8, 4) is 0 Å². The van der Waals surface area contributed by atoms with Crippen molar-refractivity contribution in [2.45, 2.75) is 64.3 Å². The number of hydrogen-bond donors (Lipinski definition) is 1. The molecule has 0 aromatic heterocycles. The van der Waals surface area contributed by atoms with Crippen LogP contribution < -0.4 is 5.32 Å². The average Bonchev–Trinajstić information content (AvgIpc) is 2.52. The fraction of sp³-hybridized carbons (Fsp3) is 0.941. The number of nitrogens with zero attached hydrogens (tertiary/aromatic N) is 1. The molecule has 21 heavy (non-hydrogen) atoms. The molecule has 1 saturated heterocycles. The van der Waals surface area contributed by atoms with Gasteiger partial charge >= 0.3 is 5.97 Å². The van der Waals surface area contributed by atoms with Gasteiger partial charge in [0.25, 0.3) is 0 Å². The number of hydrogen-bond acceptors (Lipinski definition) is 4. The van der Waals surface area contributed by atoms with Crippen molar-refractivity contribution >= 4 is 5.97 Å². The Kier molecular flexibility index (Phi) is 8.27. The highest BCUT2D eigenvalue weighted by atomic mass is 16.5. The van der Waals surface area contributed by atoms with Crippen LogP contribution in [0.15, 0.2) is 0 Å². The van der Waals surface area contributed by atoms with Crippen LogP contribution in [0.5, 0.6) is 0 Å². The first kappa shape index (κ1) is 18.4. The molecule has 4 nitrogen and oxygen atoms in total. The zero-order valence-electron chi connectivity index (χ0n) is 14.4. The molecule has 1 heterocycles. The van der Waals surface area contributed by atoms with Gasteiger partial charge in [-0.2, -0.15) is 0 Å². The summed E-state index contributed by atoms with van der Waals surface area (Å²) in [7, 11) is 3.29. The lowest BCUT2D eigenvalue weighted by Gasteiger charge is -2.32. The number of methoxy groups -OCH3 is 1. The molecular weight excluding hydrogens is 264 g/mol. The lowest BCUT2D eigenvalue weighted by atomic mass is 9.92. The van der Waals surface area contributed by atoms with Crippen LogP contribution in [0, 0.1) is 5.92 Å². The zero-order valence-corrected chi connectivity index (χ0v) is 14.4. The molecule has 1 rings (SSSR count). The molecule has 0 aliphatic carbocycles. The van der Waals surface area contributed by atoms with Crippen LogP contribution in [0.1, 0.15) is 58.8 Å². The number of carbonyl (C=O) groups is 1. The molecule has 0 bridgehead atoms. The fourth-order valence-corrected chi connectivity index (χ4v) is 3.28. The molecule has 0 spiro atoms. The van der Waals surface area contributed by atoms with Crippen molar-refractivity contribution in [1.29, 1.82) is 0 Å². The van der Waals surface area contributed by atoms with Crippen molar-refractivity contribution < 1.29 is 9.53 Å². The molecule has 4 heteroatoms. The summed E-state index contributed by atoms with van der Waals surface area (Å²) < 4.78 is 4.88. The zero-order chi connectivity index (χ0) is 15.7. The Bertz CT molecular complexity index is 301. The van der Waals surface area contributed by atoms with E-state index < -0.39 is 5.54 Å². The molecule has 0 aromatic carbocycles. The van der Waals surface area contributed by atoms with Crippen molar-refractivity contribution in [2.75, 3.05) is 33.8 Å². The number of likely N-dealkylation sites (tertiary alicyclic amines) is 1. The molecule has 0 aromatic rings. The van der Waals surface area contributed by atoms with Gasteiger partial charge in [0.2, 0.25) is 0 Å². The number of nitrogens with one attached hydrogen (secondary N) is 1. The van der Waals surface area contributed by atoms with Crippen LogP contribution in [0.25, 0.3) is 0 Å². The Morgan fingerprint density at radius 2 is 2.00 bits per heavy atom. The number of likely N-dealkylation sites (N-methyl/N-ethyl adjacent to an activating group) is 1. The Morgan fingerprint density at radius 3 is 2.52 bits per heavy atom. The smallest absolute Gasteiger partial charge is 0.325 e. The first-order valence-corrected chi connectivity index (χ1v) is 8.55. The third-order valence-electron chi connectivity index (χ3n) is 4.99. The third kappa shape index (κ3) is 5.95. The van der Waals surface area contributed by atoms with Crippen LogP contribution in [-0.2, 0) is 9.53 Å². The summed E-state index contributed by atoms with van der Waals surface area (Å²) in [5.41, 5.74) is -0.539. The molecule has 1 atom stereocenters. The number of unbranched alkanes of at least 4 members (excludes halogenated alkanes) is 1. The second kappa shape index (κ2) is 9.42. The van der Waals surface area contributed by atoms with E-state index in [1.165, 1.54) is 52.4 Å². The molecule has 1 aliphatic heterocycles. The normalized spacial score (nSPS) is 20.2. The lowest BCUT2D eigenvalue weighted by Crippen LogP contribution is -2.48. The quantitative estimate of drug-likeness (QED) is 0.525. The summed E-state index contributed by atoms with van der Waals surface area (Å²) in [6.07, 6.45) is 8.50. The topological polar surface area (TPSA) is 41.6 Å². The standard InChI is InChI=1S/C17H34N2O2/c1-5-8-15-9-13-19(14-10-15)12-7-6-11-17(2,18-3)16(20)21-4/h15,18H,5-14H2,1-4H3. The van der Waals surface area contributed by atoms with Gasteiger partial charge in [-0.15, -0.1) is 0 Å². The Labute approximate surface area is 130 Å². The Morgan fingerprint density at radius 1 is 1.33 bits per heavy atom. The first-order valence-electron chi connectivity index (χ1n) is 8.55. The average molecular weight is 298 g/mol. The summed E-state index contributed by atoms with van der Waals surface area (Å²) >= 11 is 0. The summed E-state index contributed by atoms with van der Waals surface area (Å²) in [5, 5.41) is 3.10. The highest BCUT2D eigenvalue weighted by Crippen LogP contribution is 2.22. The predicted octanol–water partition coefficient (Wildman–Crippen LogP) is 2.82. The van der Waals surface area contributed by atoms with E-state index in [1.807, 2.05) is 14.0 Å². The summed E-state index contributed by atoms with van der Waals surface area (Å²) in [6, 6.07) is 0. The maximum Gasteiger partial charge on any atom is 0.325 e. The lowest BCUT2D eigenvalue weighted by molar-refractivity contribution is -0.148. The van der Waals surface area contributed by atoms with Gasteiger partial charge in [0.05, 0.1) is 7.11 Å². The SMILES string of the molecule is CCCC1CCN(CCCCC(C)(NC)C(=O)OC)CC1. The second-order valence-electron chi connectivity index (χ2n) is 6.60. The van der Waals surface area contributed by atoms with Gasteiger partial charge < -0.3 is 15.0 Å². The van der Waals surface area contributed by atoms with Gasteiger partial charge in [0.1, 0.15) is 5.54 Å². The number of rotatable bonds is 9. The number of piperidine rings is 1. The number of ether oxygens (including phenoxy) is 1. The van der Waals surface area contributed by atoms with Gasteiger partial charge in [-0.05, 0) is 71.6 Å². The van der Waals surface area contributed by atoms with Crippen LogP contribution in [0.2, 0.25) is 0 Å². The minimum Gasteiger partial charge on any atom is -0.468 e. The van der Waals surface area contributed by atoms with E-state index in [0.29, 0.717) is 0 Å².